The molecule has 2 rings (SSSR count). The maximum Gasteiger partial charge on any atom is 0.191 e. The van der Waals surface area contributed by atoms with Crippen LogP contribution in [0.15, 0.2) is 33.8 Å². The van der Waals surface area contributed by atoms with E-state index >= 15 is 0 Å². The van der Waals surface area contributed by atoms with Crippen molar-refractivity contribution in [3.05, 3.63) is 46.8 Å². The Bertz CT molecular complexity index is 734. The molecule has 2 N–H and O–H groups in total. The van der Waals surface area contributed by atoms with E-state index in [1.807, 2.05) is 26.2 Å². The van der Waals surface area contributed by atoms with Crippen molar-refractivity contribution in [2.45, 2.75) is 39.8 Å². The van der Waals surface area contributed by atoms with Crippen molar-refractivity contribution in [3.8, 4) is 5.75 Å². The van der Waals surface area contributed by atoms with Crippen LogP contribution in [0.2, 0.25) is 0 Å². The molecule has 0 unspecified atom stereocenters. The topological polar surface area (TPSA) is 74.9 Å². The fourth-order valence-corrected chi connectivity index (χ4v) is 2.81. The van der Waals surface area contributed by atoms with Crippen LogP contribution in [0.4, 0.5) is 0 Å². The highest BCUT2D eigenvalue weighted by atomic mass is 16.5. The standard InChI is InChI=1S/C21H33N5O2/c1-6-19-18(20(7-2)28-25-19)15-24-21(22-3)23-14-16-9-8-10-17(13-16)27-12-11-26(4)5/h8-10,13H,6-7,11-12,14-15H2,1-5H3,(H2,22,23,24). The molecule has 0 aliphatic heterocycles. The second-order valence-electron chi connectivity index (χ2n) is 6.82. The van der Waals surface area contributed by atoms with Crippen LogP contribution < -0.4 is 15.4 Å². The quantitative estimate of drug-likeness (QED) is 0.482. The zero-order valence-corrected chi connectivity index (χ0v) is 17.7. The van der Waals surface area contributed by atoms with Crippen molar-refractivity contribution in [2.24, 2.45) is 4.99 Å². The van der Waals surface area contributed by atoms with Gasteiger partial charge in [-0.05, 0) is 38.2 Å². The number of nitrogens with zero attached hydrogens (tertiary/aromatic N) is 3. The molecule has 0 bridgehead atoms. The first-order valence-electron chi connectivity index (χ1n) is 9.84. The number of ether oxygens (including phenoxy) is 1. The third-order valence-electron chi connectivity index (χ3n) is 4.43. The Morgan fingerprint density at radius 1 is 1.18 bits per heavy atom. The van der Waals surface area contributed by atoms with E-state index in [9.17, 15) is 0 Å². The van der Waals surface area contributed by atoms with Gasteiger partial charge >= 0.3 is 0 Å². The smallest absolute Gasteiger partial charge is 0.191 e. The summed E-state index contributed by atoms with van der Waals surface area (Å²) in [6.07, 6.45) is 1.68. The highest BCUT2D eigenvalue weighted by molar-refractivity contribution is 5.79. The number of guanidine groups is 1. The van der Waals surface area contributed by atoms with Crippen LogP contribution in [0.3, 0.4) is 0 Å². The lowest BCUT2D eigenvalue weighted by Crippen LogP contribution is -2.36. The maximum atomic E-state index is 5.81. The van der Waals surface area contributed by atoms with E-state index in [1.165, 1.54) is 0 Å². The molecule has 0 spiro atoms. The molecule has 28 heavy (non-hydrogen) atoms. The molecule has 0 amide bonds. The number of aromatic nitrogens is 1. The van der Waals surface area contributed by atoms with Crippen LogP contribution in [0.5, 0.6) is 5.75 Å². The average molecular weight is 388 g/mol. The molecule has 0 saturated heterocycles. The van der Waals surface area contributed by atoms with Crippen molar-refractivity contribution in [3.63, 3.8) is 0 Å². The normalized spacial score (nSPS) is 11.7. The van der Waals surface area contributed by atoms with Crippen LogP contribution >= 0.6 is 0 Å². The first-order chi connectivity index (χ1) is 13.6. The molecule has 0 saturated carbocycles. The van der Waals surface area contributed by atoms with Crippen molar-refractivity contribution < 1.29 is 9.26 Å². The van der Waals surface area contributed by atoms with Gasteiger partial charge in [-0.1, -0.05) is 31.1 Å². The van der Waals surface area contributed by atoms with E-state index < -0.39 is 0 Å². The minimum absolute atomic E-state index is 0.642. The van der Waals surface area contributed by atoms with Crippen LogP contribution in [0.25, 0.3) is 0 Å². The Balaban J connectivity index is 1.88. The number of benzene rings is 1. The zero-order valence-electron chi connectivity index (χ0n) is 17.7. The third-order valence-corrected chi connectivity index (χ3v) is 4.43. The van der Waals surface area contributed by atoms with Crippen molar-refractivity contribution in [2.75, 3.05) is 34.3 Å². The number of nitrogens with one attached hydrogen (secondary N) is 2. The van der Waals surface area contributed by atoms with Crippen LogP contribution in [0, 0.1) is 0 Å². The summed E-state index contributed by atoms with van der Waals surface area (Å²) in [4.78, 5) is 6.41. The molecular formula is C21H33N5O2. The van der Waals surface area contributed by atoms with E-state index in [-0.39, 0.29) is 0 Å². The molecule has 1 heterocycles. The highest BCUT2D eigenvalue weighted by Crippen LogP contribution is 2.16. The lowest BCUT2D eigenvalue weighted by Gasteiger charge is -2.14. The fraction of sp³-hybridized carbons (Fsp3) is 0.524. The summed E-state index contributed by atoms with van der Waals surface area (Å²) in [5, 5.41) is 10.9. The largest absolute Gasteiger partial charge is 0.492 e. The number of rotatable bonds is 10. The SMILES string of the molecule is CCc1noc(CC)c1CNC(=NC)NCc1cccc(OCCN(C)C)c1. The molecule has 0 aliphatic rings. The summed E-state index contributed by atoms with van der Waals surface area (Å²) in [6.45, 7) is 7.02. The monoisotopic (exact) mass is 387 g/mol. The van der Waals surface area contributed by atoms with Gasteiger partial charge in [0, 0.05) is 38.7 Å². The van der Waals surface area contributed by atoms with E-state index in [2.05, 4.69) is 51.7 Å². The first-order valence-corrected chi connectivity index (χ1v) is 9.84. The summed E-state index contributed by atoms with van der Waals surface area (Å²) in [7, 11) is 5.84. The second kappa shape index (κ2) is 11.3. The van der Waals surface area contributed by atoms with Gasteiger partial charge in [0.25, 0.3) is 0 Å². The van der Waals surface area contributed by atoms with Gasteiger partial charge in [-0.2, -0.15) is 0 Å². The summed E-state index contributed by atoms with van der Waals surface area (Å²) < 4.78 is 11.2. The Morgan fingerprint density at radius 3 is 2.64 bits per heavy atom. The molecule has 0 radical (unpaired) electrons. The van der Waals surface area contributed by atoms with Gasteiger partial charge in [0.1, 0.15) is 18.1 Å². The van der Waals surface area contributed by atoms with E-state index in [1.54, 1.807) is 7.05 Å². The molecular weight excluding hydrogens is 354 g/mol. The summed E-state index contributed by atoms with van der Waals surface area (Å²) in [5.74, 6) is 2.56. The van der Waals surface area contributed by atoms with Gasteiger partial charge < -0.3 is 24.8 Å². The molecule has 7 heteroatoms. The molecule has 1 aromatic carbocycles. The van der Waals surface area contributed by atoms with Crippen molar-refractivity contribution in [1.29, 1.82) is 0 Å². The van der Waals surface area contributed by atoms with E-state index in [4.69, 9.17) is 9.26 Å². The molecule has 0 atom stereocenters. The van der Waals surface area contributed by atoms with Crippen LogP contribution in [-0.4, -0.2) is 50.3 Å². The highest BCUT2D eigenvalue weighted by Gasteiger charge is 2.13. The number of aliphatic imine (C=N–C) groups is 1. The van der Waals surface area contributed by atoms with Crippen LogP contribution in [0.1, 0.15) is 36.4 Å². The molecule has 1 aromatic heterocycles. The van der Waals surface area contributed by atoms with Gasteiger partial charge in [0.15, 0.2) is 5.96 Å². The predicted octanol–water partition coefficient (Wildman–Crippen LogP) is 2.61. The Labute approximate surface area is 168 Å². The van der Waals surface area contributed by atoms with Crippen LogP contribution in [-0.2, 0) is 25.9 Å². The molecule has 2 aromatic rings. The Morgan fingerprint density at radius 2 is 1.96 bits per heavy atom. The summed E-state index contributed by atoms with van der Waals surface area (Å²) >= 11 is 0. The molecule has 0 fully saturated rings. The number of hydrogen-bond donors (Lipinski definition) is 2. The Kier molecular flexibility index (Phi) is 8.81. The fourth-order valence-electron chi connectivity index (χ4n) is 2.81. The minimum atomic E-state index is 0.642. The van der Waals surface area contributed by atoms with Crippen molar-refractivity contribution >= 4 is 5.96 Å². The number of aryl methyl sites for hydroxylation is 2. The molecule has 7 nitrogen and oxygen atoms in total. The lowest BCUT2D eigenvalue weighted by atomic mass is 10.1. The maximum absolute atomic E-state index is 5.81. The van der Waals surface area contributed by atoms with E-state index in [0.29, 0.717) is 19.7 Å². The molecule has 0 aliphatic carbocycles. The third kappa shape index (κ3) is 6.56. The molecule has 154 valence electrons. The first kappa shape index (κ1) is 21.8. The summed E-state index contributed by atoms with van der Waals surface area (Å²) in [5.41, 5.74) is 3.27. The number of hydrogen-bond acceptors (Lipinski definition) is 5. The Hall–Kier alpha value is -2.54. The summed E-state index contributed by atoms with van der Waals surface area (Å²) in [6, 6.07) is 8.12. The zero-order chi connectivity index (χ0) is 20.4. The second-order valence-corrected chi connectivity index (χ2v) is 6.82. The van der Waals surface area contributed by atoms with Gasteiger partial charge in [0.2, 0.25) is 0 Å². The predicted molar refractivity (Wildman–Crippen MR) is 113 cm³/mol. The lowest BCUT2D eigenvalue weighted by molar-refractivity contribution is 0.261. The van der Waals surface area contributed by atoms with Gasteiger partial charge in [-0.3, -0.25) is 4.99 Å². The average Bonchev–Trinajstić information content (AvgIpc) is 3.10. The van der Waals surface area contributed by atoms with Gasteiger partial charge in [0.05, 0.1) is 5.69 Å². The number of likely N-dealkylation sites (N-methyl/N-ethyl adjacent to an activating group) is 1. The van der Waals surface area contributed by atoms with Crippen molar-refractivity contribution in [1.82, 2.24) is 20.7 Å². The van der Waals surface area contributed by atoms with Gasteiger partial charge in [-0.25, -0.2) is 0 Å². The van der Waals surface area contributed by atoms with Gasteiger partial charge in [-0.15, -0.1) is 0 Å². The minimum Gasteiger partial charge on any atom is -0.492 e. The van der Waals surface area contributed by atoms with E-state index in [0.717, 1.165) is 53.7 Å².